The number of phenols is 2. The minimum atomic E-state index is -2.51. The van der Waals surface area contributed by atoms with Gasteiger partial charge < -0.3 is 83.5 Å². The van der Waals surface area contributed by atoms with Crippen LogP contribution in [0.5, 0.6) is 34.5 Å². The van der Waals surface area contributed by atoms with E-state index in [-0.39, 0.29) is 34.5 Å². The Bertz CT molecular complexity index is 1590. The molecule has 19 heteroatoms. The molecule has 0 aliphatic carbocycles. The van der Waals surface area contributed by atoms with E-state index in [0.29, 0.717) is 11.1 Å². The fourth-order valence-electron chi connectivity index (χ4n) is 5.49. The van der Waals surface area contributed by atoms with Crippen LogP contribution in [0, 0.1) is 0 Å². The fourth-order valence-corrected chi connectivity index (χ4v) is 5.49. The van der Waals surface area contributed by atoms with Crippen molar-refractivity contribution in [2.45, 2.75) is 54.8 Å². The Morgan fingerprint density at radius 1 is 0.717 bits per heavy atom. The molecule has 53 heavy (non-hydrogen) atoms. The number of aliphatic hydroxyl groups excluding tert-OH is 6. The van der Waals surface area contributed by atoms with Crippen molar-refractivity contribution in [3.05, 3.63) is 47.5 Å². The first-order chi connectivity index (χ1) is 25.3. The number of carbonyl (C=O) groups excluding carboxylic acids is 2. The third kappa shape index (κ3) is 9.10. The Morgan fingerprint density at radius 2 is 1.21 bits per heavy atom. The minimum absolute atomic E-state index is 0.0366. The molecule has 2 aromatic carbocycles. The van der Waals surface area contributed by atoms with Crippen LogP contribution < -0.4 is 18.9 Å². The summed E-state index contributed by atoms with van der Waals surface area (Å²) >= 11 is 0. The lowest BCUT2D eigenvalue weighted by Gasteiger charge is -2.43. The lowest BCUT2D eigenvalue weighted by molar-refractivity contribution is -0.383. The van der Waals surface area contributed by atoms with Crippen molar-refractivity contribution < 1.29 is 93.1 Å². The monoisotopic (exact) mass is 754 g/mol. The van der Waals surface area contributed by atoms with Crippen LogP contribution in [0.25, 0.3) is 12.2 Å². The summed E-state index contributed by atoms with van der Waals surface area (Å²) in [5, 5.41) is 83.3. The van der Waals surface area contributed by atoms with Crippen molar-refractivity contribution in [2.24, 2.45) is 0 Å². The number of carbonyl (C=O) groups is 2. The number of aliphatic hydroxyl groups is 6. The van der Waals surface area contributed by atoms with Crippen LogP contribution in [-0.4, -0.2) is 156 Å². The summed E-state index contributed by atoms with van der Waals surface area (Å²) in [6.45, 7) is -2.69. The predicted molar refractivity (Wildman–Crippen MR) is 177 cm³/mol. The highest BCUT2D eigenvalue weighted by molar-refractivity contribution is 5.88. The first kappa shape index (κ1) is 41.1. The standard InChI is InChI=1S/C34H42O19/c1-45-18-9-16(10-19(46-2)26(18)39)5-7-24(37)49-14-23-28(41)30(43)31(44)33(50-23)53-34(15-36)32(29(42)22(13-35)52-34)51-25(38)8-6-17-11-20(47-3)27(40)21(12-17)48-4/h5-12,22-23,28-33,35-36,39-44H,13-15H2,1-4H3/t22?,23?,28?,29?,30?,31?,32?,33?,34-/m0/s1. The van der Waals surface area contributed by atoms with Gasteiger partial charge in [-0.3, -0.25) is 0 Å². The highest BCUT2D eigenvalue weighted by Crippen LogP contribution is 2.40. The van der Waals surface area contributed by atoms with E-state index in [2.05, 4.69) is 0 Å². The second kappa shape index (κ2) is 17.9. The van der Waals surface area contributed by atoms with Gasteiger partial charge in [-0.25, -0.2) is 9.59 Å². The van der Waals surface area contributed by atoms with E-state index in [0.717, 1.165) is 12.2 Å². The minimum Gasteiger partial charge on any atom is -0.502 e. The first-order valence-electron chi connectivity index (χ1n) is 15.8. The average Bonchev–Trinajstić information content (AvgIpc) is 3.42. The van der Waals surface area contributed by atoms with Crippen molar-refractivity contribution in [2.75, 3.05) is 48.3 Å². The summed E-state index contributed by atoms with van der Waals surface area (Å²) < 4.78 is 47.8. The van der Waals surface area contributed by atoms with Crippen LogP contribution in [0.3, 0.4) is 0 Å². The third-order valence-corrected chi connectivity index (χ3v) is 8.32. The van der Waals surface area contributed by atoms with Crippen molar-refractivity contribution in [3.63, 3.8) is 0 Å². The maximum absolute atomic E-state index is 12.9. The van der Waals surface area contributed by atoms with Gasteiger partial charge >= 0.3 is 11.9 Å². The highest BCUT2D eigenvalue weighted by atomic mass is 16.8. The van der Waals surface area contributed by atoms with Gasteiger partial charge in [0.15, 0.2) is 35.4 Å². The van der Waals surface area contributed by atoms with Crippen LogP contribution in [0.15, 0.2) is 36.4 Å². The molecule has 2 heterocycles. The Morgan fingerprint density at radius 3 is 1.66 bits per heavy atom. The SMILES string of the molecule is COc1cc(C=CC(=O)OCC2OC(O[C@]3(CO)OC(CO)C(O)C3OC(=O)C=Cc3cc(OC)c(O)c(OC)c3)C(O)C(O)C2O)cc(OC)c1O. The molecule has 2 aliphatic heterocycles. The van der Waals surface area contributed by atoms with Gasteiger partial charge in [0.25, 0.3) is 0 Å². The smallest absolute Gasteiger partial charge is 0.331 e. The molecule has 0 aromatic heterocycles. The van der Waals surface area contributed by atoms with Gasteiger partial charge in [-0.1, -0.05) is 0 Å². The van der Waals surface area contributed by atoms with Crippen LogP contribution >= 0.6 is 0 Å². The largest absolute Gasteiger partial charge is 0.502 e. The van der Waals surface area contributed by atoms with E-state index in [1.165, 1.54) is 64.9 Å². The maximum Gasteiger partial charge on any atom is 0.331 e. The topological polar surface area (TPSA) is 279 Å². The van der Waals surface area contributed by atoms with Gasteiger partial charge in [0.2, 0.25) is 17.3 Å². The average molecular weight is 755 g/mol. The molecule has 2 fully saturated rings. The van der Waals surface area contributed by atoms with Crippen LogP contribution in [0.1, 0.15) is 11.1 Å². The van der Waals surface area contributed by atoms with Gasteiger partial charge in [0.05, 0.1) is 35.0 Å². The fraction of sp³-hybridized carbons (Fsp3) is 0.471. The van der Waals surface area contributed by atoms with Gasteiger partial charge in [0, 0.05) is 12.2 Å². The molecule has 292 valence electrons. The molecule has 2 aliphatic rings. The molecule has 0 saturated carbocycles. The Labute approximate surface area is 302 Å². The molecule has 9 atom stereocenters. The van der Waals surface area contributed by atoms with Crippen molar-refractivity contribution in [1.82, 2.24) is 0 Å². The first-order valence-corrected chi connectivity index (χ1v) is 15.8. The number of rotatable bonds is 15. The van der Waals surface area contributed by atoms with E-state index < -0.39 is 86.6 Å². The molecule has 0 amide bonds. The molecular weight excluding hydrogens is 712 g/mol. The van der Waals surface area contributed by atoms with E-state index in [1.54, 1.807) is 0 Å². The van der Waals surface area contributed by atoms with Crippen LogP contribution in [-0.2, 0) is 33.3 Å². The van der Waals surface area contributed by atoms with E-state index >= 15 is 0 Å². The number of phenolic OH excluding ortho intramolecular Hbond substituents is 2. The zero-order valence-corrected chi connectivity index (χ0v) is 28.9. The summed E-state index contributed by atoms with van der Waals surface area (Å²) in [5.41, 5.74) is 0.708. The summed E-state index contributed by atoms with van der Waals surface area (Å²) in [7, 11) is 5.26. The molecular formula is C34H42O19. The van der Waals surface area contributed by atoms with E-state index in [1.807, 2.05) is 0 Å². The summed E-state index contributed by atoms with van der Waals surface area (Å²) in [5.74, 6) is -4.86. The third-order valence-electron chi connectivity index (χ3n) is 8.32. The Hall–Kier alpha value is -4.70. The summed E-state index contributed by atoms with van der Waals surface area (Å²) in [6.07, 6.45) is -9.97. The zero-order valence-electron chi connectivity index (χ0n) is 28.9. The number of ether oxygens (including phenoxy) is 9. The van der Waals surface area contributed by atoms with Gasteiger partial charge in [0.1, 0.15) is 49.8 Å². The van der Waals surface area contributed by atoms with E-state index in [9.17, 15) is 50.4 Å². The highest BCUT2D eigenvalue weighted by Gasteiger charge is 2.60. The van der Waals surface area contributed by atoms with Crippen molar-refractivity contribution in [1.29, 1.82) is 0 Å². The van der Waals surface area contributed by atoms with Crippen molar-refractivity contribution in [3.8, 4) is 34.5 Å². The maximum atomic E-state index is 12.9. The normalized spacial score (nSPS) is 28.6. The number of hydrogen-bond donors (Lipinski definition) is 8. The second-order valence-electron chi connectivity index (χ2n) is 11.6. The lowest BCUT2D eigenvalue weighted by Crippen LogP contribution is -2.63. The number of benzene rings is 2. The number of esters is 2. The summed E-state index contributed by atoms with van der Waals surface area (Å²) in [4.78, 5) is 25.5. The molecule has 8 N–H and O–H groups in total. The zero-order chi connectivity index (χ0) is 39.0. The molecule has 19 nitrogen and oxygen atoms in total. The van der Waals surface area contributed by atoms with Gasteiger partial charge in [-0.15, -0.1) is 0 Å². The second-order valence-corrected chi connectivity index (χ2v) is 11.6. The quantitative estimate of drug-likeness (QED) is 0.0765. The van der Waals surface area contributed by atoms with Gasteiger partial charge in [-0.05, 0) is 47.5 Å². The van der Waals surface area contributed by atoms with E-state index in [4.69, 9.17) is 42.6 Å². The van der Waals surface area contributed by atoms with Crippen molar-refractivity contribution >= 4 is 24.1 Å². The molecule has 2 saturated heterocycles. The Kier molecular flexibility index (Phi) is 13.9. The molecule has 4 rings (SSSR count). The predicted octanol–water partition coefficient (Wildman–Crippen LogP) is -1.42. The Balaban J connectivity index is 1.48. The molecule has 2 aromatic rings. The molecule has 0 bridgehead atoms. The number of aromatic hydroxyl groups is 2. The molecule has 8 unspecified atom stereocenters. The van der Waals surface area contributed by atoms with Crippen LogP contribution in [0.4, 0.5) is 0 Å². The van der Waals surface area contributed by atoms with Gasteiger partial charge in [-0.2, -0.15) is 0 Å². The molecule has 0 spiro atoms. The number of hydrogen-bond acceptors (Lipinski definition) is 19. The summed E-state index contributed by atoms with van der Waals surface area (Å²) in [6, 6.07) is 5.60. The number of methoxy groups -OCH3 is 4. The molecule has 0 radical (unpaired) electrons. The van der Waals surface area contributed by atoms with Crippen LogP contribution in [0.2, 0.25) is 0 Å². The lowest BCUT2D eigenvalue weighted by atomic mass is 9.98.